The van der Waals surface area contributed by atoms with Gasteiger partial charge in [-0.2, -0.15) is 0 Å². The predicted molar refractivity (Wildman–Crippen MR) is 261 cm³/mol. The Morgan fingerprint density at radius 2 is 1.44 bits per heavy atom. The van der Waals surface area contributed by atoms with Gasteiger partial charge in [0.05, 0.1) is 12.0 Å². The molecule has 0 spiro atoms. The number of amides is 3. The number of benzene rings is 5. The molecule has 0 radical (unpaired) electrons. The number of rotatable bonds is 10. The monoisotopic (exact) mass is 880 g/mol. The summed E-state index contributed by atoms with van der Waals surface area (Å²) in [6.45, 7) is 8.96. The number of aromatic nitrogens is 1. The van der Waals surface area contributed by atoms with Crippen molar-refractivity contribution in [1.29, 1.82) is 0 Å². The number of hydrogen-bond acceptors (Lipinski definition) is 6. The van der Waals surface area contributed by atoms with Gasteiger partial charge in [-0.1, -0.05) is 66.7 Å². The molecule has 5 aromatic carbocycles. The lowest BCUT2D eigenvalue weighted by Crippen LogP contribution is -2.44. The van der Waals surface area contributed by atoms with E-state index >= 15 is 4.79 Å². The van der Waals surface area contributed by atoms with E-state index in [1.807, 2.05) is 83.6 Å². The van der Waals surface area contributed by atoms with Gasteiger partial charge in [-0.3, -0.25) is 14.4 Å². The molecule has 0 saturated carbocycles. The molecule has 4 aliphatic rings. The third kappa shape index (κ3) is 8.86. The lowest BCUT2D eigenvalue weighted by Gasteiger charge is -2.36. The zero-order valence-corrected chi connectivity index (χ0v) is 38.5. The molecule has 4 aliphatic heterocycles. The number of piperazine rings is 1. The molecule has 1 saturated heterocycles. The summed E-state index contributed by atoms with van der Waals surface area (Å²) in [7, 11) is 3.99. The number of carbonyl (C=O) groups is 3. The van der Waals surface area contributed by atoms with Crippen molar-refractivity contribution in [3.8, 4) is 17.0 Å². The summed E-state index contributed by atoms with van der Waals surface area (Å²) in [5.74, 6) is 0.726. The fraction of sp³-hybridized carbons (Fsp3) is 0.339. The minimum atomic E-state index is -0.0832. The largest absolute Gasteiger partial charge is 0.489 e. The van der Waals surface area contributed by atoms with Gasteiger partial charge in [0.25, 0.3) is 11.8 Å². The molecule has 1 atom stereocenters. The van der Waals surface area contributed by atoms with E-state index < -0.39 is 0 Å². The molecule has 0 aliphatic carbocycles. The normalized spacial score (nSPS) is 17.1. The molecule has 5 heterocycles. The van der Waals surface area contributed by atoms with Crippen LogP contribution in [-0.4, -0.2) is 89.8 Å². The van der Waals surface area contributed by atoms with Crippen LogP contribution in [0.3, 0.4) is 0 Å². The maximum absolute atomic E-state index is 15.2. The summed E-state index contributed by atoms with van der Waals surface area (Å²) in [4.78, 5) is 54.4. The van der Waals surface area contributed by atoms with Crippen molar-refractivity contribution in [3.05, 3.63) is 172 Å². The molecule has 10 rings (SSSR count). The van der Waals surface area contributed by atoms with Crippen molar-refractivity contribution in [2.24, 2.45) is 0 Å². The van der Waals surface area contributed by atoms with Gasteiger partial charge in [0.2, 0.25) is 5.91 Å². The van der Waals surface area contributed by atoms with Crippen molar-refractivity contribution in [2.45, 2.75) is 77.7 Å². The summed E-state index contributed by atoms with van der Waals surface area (Å²) in [6, 6.07) is 40.9. The van der Waals surface area contributed by atoms with E-state index in [-0.39, 0.29) is 23.8 Å². The standard InChI is InChI=1S/C56H60N6O4/c1-39-30-42-15-7-8-16-44(42)37-62(39)56(65)50-34-45-36-60(54(63)32-41-14-11-17-47(31-41)59-28-26-57(2)27-29-59)25-23-43(45)33-49(50)53-35-51(52-18-9-10-24-61(52)53)55(64)58(3)46-19-21-48(22-20-46)66-38-40-12-5-4-6-13-40/h4-8,11-17,19-22,31,33-35,39H,9-10,18,23-30,32,36-38H2,1-3H3/t39-/m1/s1. The van der Waals surface area contributed by atoms with Crippen LogP contribution in [0.4, 0.5) is 11.4 Å². The Balaban J connectivity index is 0.952. The third-order valence-electron chi connectivity index (χ3n) is 14.4. The van der Waals surface area contributed by atoms with Gasteiger partial charge in [0, 0.05) is 99.3 Å². The average Bonchev–Trinajstić information content (AvgIpc) is 3.74. The highest BCUT2D eigenvalue weighted by molar-refractivity contribution is 6.08. The molecular weight excluding hydrogens is 821 g/mol. The van der Waals surface area contributed by atoms with Crippen LogP contribution in [0.2, 0.25) is 0 Å². The first-order chi connectivity index (χ1) is 32.2. The van der Waals surface area contributed by atoms with E-state index in [1.165, 1.54) is 16.8 Å². The Morgan fingerprint density at radius 3 is 2.24 bits per heavy atom. The number of likely N-dealkylation sites (N-methyl/N-ethyl adjacent to an activating group) is 1. The van der Waals surface area contributed by atoms with Crippen LogP contribution < -0.4 is 14.5 Å². The number of anilines is 2. The highest BCUT2D eigenvalue weighted by Crippen LogP contribution is 2.38. The second-order valence-electron chi connectivity index (χ2n) is 18.8. The van der Waals surface area contributed by atoms with E-state index in [4.69, 9.17) is 4.74 Å². The van der Waals surface area contributed by atoms with Crippen LogP contribution in [-0.2, 0) is 56.7 Å². The van der Waals surface area contributed by atoms with Gasteiger partial charge < -0.3 is 33.8 Å². The molecule has 10 nitrogen and oxygen atoms in total. The molecule has 10 heteroatoms. The lowest BCUT2D eigenvalue weighted by atomic mass is 9.89. The van der Waals surface area contributed by atoms with Gasteiger partial charge in [0.1, 0.15) is 12.4 Å². The number of nitrogens with zero attached hydrogens (tertiary/aromatic N) is 6. The quantitative estimate of drug-likeness (QED) is 0.137. The van der Waals surface area contributed by atoms with Crippen molar-refractivity contribution in [2.75, 3.05) is 56.6 Å². The first kappa shape index (κ1) is 43.3. The second-order valence-corrected chi connectivity index (χ2v) is 18.8. The second kappa shape index (κ2) is 18.7. The Morgan fingerprint density at radius 1 is 0.682 bits per heavy atom. The zero-order chi connectivity index (χ0) is 45.3. The van der Waals surface area contributed by atoms with E-state index in [0.717, 1.165) is 109 Å². The highest BCUT2D eigenvalue weighted by atomic mass is 16.5. The van der Waals surface area contributed by atoms with Crippen LogP contribution in [0.25, 0.3) is 11.3 Å². The van der Waals surface area contributed by atoms with E-state index in [1.54, 1.807) is 4.90 Å². The molecule has 3 amide bonds. The molecule has 338 valence electrons. The SMILES string of the molecule is C[C@@H]1Cc2ccccc2CN1C(=O)c1cc2c(cc1-c1cc(C(=O)N(C)c3ccc(OCc4ccccc4)cc3)c3n1CCCC3)CCN(C(=O)Cc1cccc(N3CCN(C)CC3)c1)C2. The smallest absolute Gasteiger partial charge is 0.259 e. The van der Waals surface area contributed by atoms with Crippen LogP contribution in [0.5, 0.6) is 5.75 Å². The number of hydrogen-bond donors (Lipinski definition) is 0. The molecule has 1 fully saturated rings. The Bertz CT molecular complexity index is 2760. The Hall–Kier alpha value is -6.65. The zero-order valence-electron chi connectivity index (χ0n) is 38.5. The first-order valence-electron chi connectivity index (χ1n) is 23.8. The van der Waals surface area contributed by atoms with Gasteiger partial charge in [0.15, 0.2) is 0 Å². The van der Waals surface area contributed by atoms with Gasteiger partial charge in [-0.25, -0.2) is 0 Å². The topological polar surface area (TPSA) is 81.6 Å². The summed E-state index contributed by atoms with van der Waals surface area (Å²) >= 11 is 0. The number of ether oxygens (including phenoxy) is 1. The lowest BCUT2D eigenvalue weighted by molar-refractivity contribution is -0.131. The van der Waals surface area contributed by atoms with Crippen LogP contribution in [0.15, 0.2) is 121 Å². The summed E-state index contributed by atoms with van der Waals surface area (Å²) in [5, 5.41) is 0. The van der Waals surface area contributed by atoms with Gasteiger partial charge in [-0.05, 0) is 134 Å². The van der Waals surface area contributed by atoms with Crippen molar-refractivity contribution >= 4 is 29.1 Å². The minimum absolute atomic E-state index is 0.00175. The fourth-order valence-corrected chi connectivity index (χ4v) is 10.4. The van der Waals surface area contributed by atoms with Gasteiger partial charge >= 0.3 is 0 Å². The summed E-state index contributed by atoms with van der Waals surface area (Å²) in [5.41, 5.74) is 12.7. The molecule has 0 bridgehead atoms. The minimum Gasteiger partial charge on any atom is -0.489 e. The molecule has 0 unspecified atom stereocenters. The average molecular weight is 881 g/mol. The van der Waals surface area contributed by atoms with E-state index in [2.05, 4.69) is 82.9 Å². The Labute approximate surface area is 389 Å². The highest BCUT2D eigenvalue weighted by Gasteiger charge is 2.34. The molecule has 66 heavy (non-hydrogen) atoms. The maximum atomic E-state index is 15.2. The first-order valence-corrected chi connectivity index (χ1v) is 23.8. The number of fused-ring (bicyclic) bond motifs is 3. The predicted octanol–water partition coefficient (Wildman–Crippen LogP) is 8.81. The van der Waals surface area contributed by atoms with Crippen molar-refractivity contribution in [3.63, 3.8) is 0 Å². The van der Waals surface area contributed by atoms with Crippen molar-refractivity contribution < 1.29 is 19.1 Å². The summed E-state index contributed by atoms with van der Waals surface area (Å²) in [6.07, 6.45) is 4.57. The summed E-state index contributed by atoms with van der Waals surface area (Å²) < 4.78 is 8.34. The molecule has 1 aromatic heterocycles. The fourth-order valence-electron chi connectivity index (χ4n) is 10.4. The molecular formula is C56H60N6O4. The van der Waals surface area contributed by atoms with Crippen LogP contribution in [0.1, 0.15) is 79.6 Å². The van der Waals surface area contributed by atoms with Crippen LogP contribution in [0, 0.1) is 0 Å². The number of carbonyl (C=O) groups excluding carboxylic acids is 3. The Kier molecular flexibility index (Phi) is 12.2. The third-order valence-corrected chi connectivity index (χ3v) is 14.4. The van der Waals surface area contributed by atoms with Gasteiger partial charge in [-0.15, -0.1) is 0 Å². The van der Waals surface area contributed by atoms with E-state index in [9.17, 15) is 9.59 Å². The molecule has 6 aromatic rings. The molecule has 0 N–H and O–H groups in total. The van der Waals surface area contributed by atoms with Crippen molar-refractivity contribution in [1.82, 2.24) is 19.3 Å². The van der Waals surface area contributed by atoms with Crippen LogP contribution >= 0.6 is 0 Å². The maximum Gasteiger partial charge on any atom is 0.259 e. The van der Waals surface area contributed by atoms with E-state index in [0.29, 0.717) is 50.2 Å².